The number of esters is 1. The highest BCUT2D eigenvalue weighted by molar-refractivity contribution is 5.91. The van der Waals surface area contributed by atoms with Crippen molar-refractivity contribution in [2.45, 2.75) is 228 Å². The molecule has 0 bridgehead atoms. The Hall–Kier alpha value is -1.47. The van der Waals surface area contributed by atoms with Crippen molar-refractivity contribution >= 4 is 5.97 Å². The van der Waals surface area contributed by atoms with Crippen LogP contribution >= 0.6 is 0 Å². The molecular weight excluding hydrogens is 868 g/mol. The van der Waals surface area contributed by atoms with Crippen LogP contribution < -0.4 is 0 Å². The molecule has 0 amide bonds. The van der Waals surface area contributed by atoms with E-state index in [9.17, 15) is 50.8 Å². The Kier molecular flexibility index (Phi) is 14.2. The van der Waals surface area contributed by atoms with Crippen molar-refractivity contribution in [2.75, 3.05) is 13.2 Å². The van der Waals surface area contributed by atoms with Crippen LogP contribution in [0.3, 0.4) is 0 Å². The second-order valence-corrected chi connectivity index (χ2v) is 21.6. The number of ether oxygens (including phenoxy) is 9. The van der Waals surface area contributed by atoms with Crippen molar-refractivity contribution in [1.29, 1.82) is 0 Å². The minimum absolute atomic E-state index is 0.0133. The van der Waals surface area contributed by atoms with Crippen LogP contribution in [-0.4, -0.2) is 187 Å². The molecular formula is C47H74O19. The van der Waals surface area contributed by atoms with E-state index in [1.54, 1.807) is 19.9 Å². The van der Waals surface area contributed by atoms with E-state index < -0.39 is 134 Å². The van der Waals surface area contributed by atoms with Gasteiger partial charge in [0.25, 0.3) is 0 Å². The lowest BCUT2D eigenvalue weighted by Gasteiger charge is -2.63. The van der Waals surface area contributed by atoms with Crippen LogP contribution in [0.25, 0.3) is 0 Å². The monoisotopic (exact) mass is 942 g/mol. The van der Waals surface area contributed by atoms with Crippen molar-refractivity contribution < 1.29 is 93.4 Å². The smallest absolute Gasteiger partial charge is 0.334 e. The summed E-state index contributed by atoms with van der Waals surface area (Å²) in [4.78, 5) is 12.7. The van der Waals surface area contributed by atoms with Gasteiger partial charge >= 0.3 is 5.97 Å². The Labute approximate surface area is 385 Å². The summed E-state index contributed by atoms with van der Waals surface area (Å²) in [5.41, 5.74) is -1.20. The van der Waals surface area contributed by atoms with Gasteiger partial charge in [0, 0.05) is 42.6 Å². The van der Waals surface area contributed by atoms with Gasteiger partial charge in [-0.05, 0) is 95.0 Å². The van der Waals surface area contributed by atoms with Crippen molar-refractivity contribution in [2.24, 2.45) is 34.5 Å². The lowest BCUT2D eigenvalue weighted by atomic mass is 9.43. The highest BCUT2D eigenvalue weighted by Crippen LogP contribution is 2.70. The van der Waals surface area contributed by atoms with Crippen LogP contribution in [0.1, 0.15) is 105 Å². The second kappa shape index (κ2) is 18.9. The standard InChI is InChI=1S/C47H74O19/c1-20-40(64-34-16-29(50)41(21(2)60-34)65-35-17-30(51)42(22(3)61-35)66-44-39(55)38(54)37(53)32(19-48)63-44)28(49)15-33(59-20)62-24-8-11-45(4)23(14-24)6-7-27-26(45)9-12-46(5)36(25-10-13-58-43(25)56)31(52)18-47(27,46)57/h10,20-24,26-42,44,48-55,57H,6-9,11-19H2,1-5H3. The molecule has 4 saturated carbocycles. The fourth-order valence-corrected chi connectivity index (χ4v) is 14.3. The fraction of sp³-hybridized carbons (Fsp3) is 0.936. The summed E-state index contributed by atoms with van der Waals surface area (Å²) < 4.78 is 53.9. The van der Waals surface area contributed by atoms with Gasteiger partial charge in [-0.2, -0.15) is 0 Å². The molecule has 66 heavy (non-hydrogen) atoms. The van der Waals surface area contributed by atoms with Crippen LogP contribution in [0.15, 0.2) is 11.6 Å². The summed E-state index contributed by atoms with van der Waals surface area (Å²) in [6.45, 7) is 9.18. The van der Waals surface area contributed by atoms with Gasteiger partial charge in [0.1, 0.15) is 49.3 Å². The first-order valence-corrected chi connectivity index (χ1v) is 24.5. The van der Waals surface area contributed by atoms with Gasteiger partial charge in [-0.3, -0.25) is 0 Å². The predicted molar refractivity (Wildman–Crippen MR) is 225 cm³/mol. The Bertz CT molecular complexity index is 1720. The number of aliphatic hydroxyl groups is 9. The van der Waals surface area contributed by atoms with E-state index in [4.69, 9.17) is 42.6 Å². The first kappa shape index (κ1) is 49.5. The minimum Gasteiger partial charge on any atom is -0.458 e. The van der Waals surface area contributed by atoms with Crippen LogP contribution in [-0.2, 0) is 47.4 Å². The topological polar surface area (TPSA) is 282 Å². The molecule has 0 spiro atoms. The van der Waals surface area contributed by atoms with Crippen molar-refractivity contribution in [3.63, 3.8) is 0 Å². The van der Waals surface area contributed by atoms with E-state index in [2.05, 4.69) is 13.8 Å². The highest BCUT2D eigenvalue weighted by Gasteiger charge is 2.70. The van der Waals surface area contributed by atoms with E-state index >= 15 is 0 Å². The summed E-state index contributed by atoms with van der Waals surface area (Å²) in [6, 6.07) is 0. The summed E-state index contributed by atoms with van der Waals surface area (Å²) in [5.74, 6) is -0.140. The van der Waals surface area contributed by atoms with Gasteiger partial charge in [0.2, 0.25) is 0 Å². The Morgan fingerprint density at radius 1 is 0.652 bits per heavy atom. The average molecular weight is 943 g/mol. The molecule has 5 aliphatic heterocycles. The molecule has 5 heterocycles. The van der Waals surface area contributed by atoms with Gasteiger partial charge in [-0.25, -0.2) is 4.79 Å². The fourth-order valence-electron chi connectivity index (χ4n) is 14.3. The Morgan fingerprint density at radius 3 is 1.77 bits per heavy atom. The number of carbonyl (C=O) groups excluding carboxylic acids is 1. The maximum atomic E-state index is 12.7. The van der Waals surface area contributed by atoms with Crippen LogP contribution in [0.2, 0.25) is 0 Å². The zero-order valence-electron chi connectivity index (χ0n) is 38.7. The maximum absolute atomic E-state index is 12.7. The third-order valence-corrected chi connectivity index (χ3v) is 17.9. The predicted octanol–water partition coefficient (Wildman–Crippen LogP) is 0.0423. The summed E-state index contributed by atoms with van der Waals surface area (Å²) in [6.07, 6.45) is -10.5. The molecule has 9 rings (SSSR count). The van der Waals surface area contributed by atoms with Crippen molar-refractivity contribution in [3.05, 3.63) is 11.6 Å². The van der Waals surface area contributed by atoms with Crippen molar-refractivity contribution in [1.82, 2.24) is 0 Å². The van der Waals surface area contributed by atoms with E-state index in [1.165, 1.54) is 0 Å². The lowest BCUT2D eigenvalue weighted by Crippen LogP contribution is -2.62. The molecule has 376 valence electrons. The van der Waals surface area contributed by atoms with E-state index in [0.29, 0.717) is 11.5 Å². The van der Waals surface area contributed by atoms with E-state index in [-0.39, 0.29) is 61.6 Å². The zero-order valence-corrected chi connectivity index (χ0v) is 38.7. The first-order valence-electron chi connectivity index (χ1n) is 24.5. The van der Waals surface area contributed by atoms with Gasteiger partial charge in [-0.15, -0.1) is 0 Å². The molecule has 8 fully saturated rings. The Morgan fingerprint density at radius 2 is 1.23 bits per heavy atom. The van der Waals surface area contributed by atoms with Crippen molar-refractivity contribution in [3.8, 4) is 0 Å². The largest absolute Gasteiger partial charge is 0.458 e. The molecule has 26 atom stereocenters. The lowest BCUT2D eigenvalue weighted by molar-refractivity contribution is -0.355. The number of carbonyl (C=O) groups is 1. The number of hydrogen-bond donors (Lipinski definition) is 9. The third kappa shape index (κ3) is 8.64. The molecule has 19 heteroatoms. The minimum atomic E-state index is -1.65. The second-order valence-electron chi connectivity index (χ2n) is 21.6. The van der Waals surface area contributed by atoms with Gasteiger partial charge in [0.15, 0.2) is 25.2 Å². The number of hydrogen-bond acceptors (Lipinski definition) is 19. The highest BCUT2D eigenvalue weighted by atomic mass is 16.8. The molecule has 0 radical (unpaired) electrons. The molecule has 9 aliphatic rings. The first-order chi connectivity index (χ1) is 31.3. The van der Waals surface area contributed by atoms with Crippen LogP contribution in [0.5, 0.6) is 0 Å². The zero-order chi connectivity index (χ0) is 47.2. The summed E-state index contributed by atoms with van der Waals surface area (Å²) >= 11 is 0. The Balaban J connectivity index is 0.735. The van der Waals surface area contributed by atoms with E-state index in [0.717, 1.165) is 44.9 Å². The SMILES string of the molecule is CC1OC(OC2CCC3(C)C(CCC4C3CCC3(C)C(C5=CCOC5=O)C(O)CC43O)C2)CC(O)C1OC1CC(O)C(OC2CC(O)C(OC3OC(CO)C(O)C(O)C3O)C(C)O2)C(C)O1. The number of rotatable bonds is 10. The number of cyclic esters (lactones) is 1. The maximum Gasteiger partial charge on any atom is 0.334 e. The average Bonchev–Trinajstić information content (AvgIpc) is 3.76. The molecule has 4 saturated heterocycles. The number of aliphatic hydroxyl groups excluding tert-OH is 8. The molecule has 0 aromatic heterocycles. The third-order valence-electron chi connectivity index (χ3n) is 17.9. The van der Waals surface area contributed by atoms with Gasteiger partial charge in [-0.1, -0.05) is 13.8 Å². The molecule has 9 N–H and O–H groups in total. The van der Waals surface area contributed by atoms with Gasteiger partial charge in [0.05, 0.1) is 61.0 Å². The summed E-state index contributed by atoms with van der Waals surface area (Å²) in [7, 11) is 0. The van der Waals surface area contributed by atoms with Crippen LogP contribution in [0.4, 0.5) is 0 Å². The molecule has 0 aromatic rings. The summed E-state index contributed by atoms with van der Waals surface area (Å²) in [5, 5.41) is 97.9. The van der Waals surface area contributed by atoms with Gasteiger partial charge < -0.3 is 88.6 Å². The molecule has 4 aliphatic carbocycles. The number of fused-ring (bicyclic) bond motifs is 5. The normalized spacial score (nSPS) is 55.3. The molecule has 0 aromatic carbocycles. The van der Waals surface area contributed by atoms with E-state index in [1.807, 2.05) is 6.92 Å². The quantitative estimate of drug-likeness (QED) is 0.103. The molecule has 26 unspecified atom stereocenters. The van der Waals surface area contributed by atoms with Crippen LogP contribution in [0, 0.1) is 34.5 Å². The molecule has 19 nitrogen and oxygen atoms in total.